The van der Waals surface area contributed by atoms with Crippen LogP contribution in [0.1, 0.15) is 0 Å². The van der Waals surface area contributed by atoms with Gasteiger partial charge in [-0.15, -0.1) is 0 Å². The molecule has 0 unspecified atom stereocenters. The fourth-order valence-corrected chi connectivity index (χ4v) is 3.54. The molecule has 1 heterocycles. The van der Waals surface area contributed by atoms with Crippen molar-refractivity contribution in [1.29, 1.82) is 0 Å². The standard InChI is InChI=1S/C11H7Br2ClN2O2S/c12-8-5-7(1-2-10(8)14)19(17,18)16-11-3-4-15-6-9(11)13/h1-6H,(H,15,16). The van der Waals surface area contributed by atoms with E-state index in [2.05, 4.69) is 41.6 Å². The van der Waals surface area contributed by atoms with Crippen molar-refractivity contribution >= 4 is 59.2 Å². The monoisotopic (exact) mass is 424 g/mol. The van der Waals surface area contributed by atoms with E-state index in [9.17, 15) is 8.42 Å². The number of aromatic nitrogens is 1. The lowest BCUT2D eigenvalue weighted by atomic mass is 10.4. The van der Waals surface area contributed by atoms with Crippen LogP contribution >= 0.6 is 43.5 Å². The summed E-state index contributed by atoms with van der Waals surface area (Å²) in [5.41, 5.74) is 0.418. The Hall–Kier alpha value is -0.630. The van der Waals surface area contributed by atoms with Gasteiger partial charge in [-0.05, 0) is 56.1 Å². The molecule has 0 saturated heterocycles. The Labute approximate surface area is 132 Å². The lowest BCUT2D eigenvalue weighted by molar-refractivity contribution is 0.601. The third-order valence-electron chi connectivity index (χ3n) is 2.22. The summed E-state index contributed by atoms with van der Waals surface area (Å²) in [6, 6.07) is 5.96. The fraction of sp³-hybridized carbons (Fsp3) is 0. The maximum Gasteiger partial charge on any atom is 0.261 e. The van der Waals surface area contributed by atoms with E-state index in [1.165, 1.54) is 30.6 Å². The first kappa shape index (κ1) is 14.8. The zero-order valence-corrected chi connectivity index (χ0v) is 14.0. The van der Waals surface area contributed by atoms with Gasteiger partial charge in [0.25, 0.3) is 10.0 Å². The zero-order chi connectivity index (χ0) is 14.0. The molecule has 0 saturated carbocycles. The van der Waals surface area contributed by atoms with Gasteiger partial charge in [-0.3, -0.25) is 9.71 Å². The number of sulfonamides is 1. The highest BCUT2D eigenvalue weighted by Crippen LogP contribution is 2.28. The largest absolute Gasteiger partial charge is 0.278 e. The molecular weight excluding hydrogens is 419 g/mol. The van der Waals surface area contributed by atoms with Gasteiger partial charge >= 0.3 is 0 Å². The van der Waals surface area contributed by atoms with E-state index in [4.69, 9.17) is 11.6 Å². The van der Waals surface area contributed by atoms with Gasteiger partial charge < -0.3 is 0 Å². The van der Waals surface area contributed by atoms with Gasteiger partial charge in [0.1, 0.15) is 0 Å². The van der Waals surface area contributed by atoms with Crippen LogP contribution in [0.5, 0.6) is 0 Å². The third kappa shape index (κ3) is 3.47. The van der Waals surface area contributed by atoms with E-state index in [-0.39, 0.29) is 4.90 Å². The summed E-state index contributed by atoms with van der Waals surface area (Å²) in [7, 11) is -3.67. The average Bonchev–Trinajstić information content (AvgIpc) is 2.35. The number of hydrogen-bond acceptors (Lipinski definition) is 3. The van der Waals surface area contributed by atoms with Crippen LogP contribution in [0.15, 0.2) is 50.5 Å². The summed E-state index contributed by atoms with van der Waals surface area (Å²) < 4.78 is 28.0. The molecule has 0 aliphatic carbocycles. The Bertz CT molecular complexity index is 722. The predicted octanol–water partition coefficient (Wildman–Crippen LogP) is 4.06. The van der Waals surface area contributed by atoms with Crippen molar-refractivity contribution < 1.29 is 8.42 Å². The molecule has 4 nitrogen and oxygen atoms in total. The van der Waals surface area contributed by atoms with Crippen LogP contribution in [0.2, 0.25) is 5.02 Å². The molecular formula is C11H7Br2ClN2O2S. The molecule has 8 heteroatoms. The minimum absolute atomic E-state index is 0.118. The Morgan fingerprint density at radius 3 is 2.53 bits per heavy atom. The Kier molecular flexibility index (Phi) is 4.50. The highest BCUT2D eigenvalue weighted by molar-refractivity contribution is 9.11. The Morgan fingerprint density at radius 1 is 1.16 bits per heavy atom. The molecule has 0 radical (unpaired) electrons. The molecule has 2 aromatic rings. The van der Waals surface area contributed by atoms with Crippen LogP contribution in [0, 0.1) is 0 Å². The molecule has 0 amide bonds. The van der Waals surface area contributed by atoms with Crippen molar-refractivity contribution in [2.45, 2.75) is 4.90 Å². The zero-order valence-electron chi connectivity index (χ0n) is 9.27. The normalized spacial score (nSPS) is 11.3. The van der Waals surface area contributed by atoms with Gasteiger partial charge in [-0.25, -0.2) is 8.42 Å². The van der Waals surface area contributed by atoms with Gasteiger partial charge in [0.15, 0.2) is 0 Å². The fourth-order valence-electron chi connectivity index (χ4n) is 1.31. The number of anilines is 1. The van der Waals surface area contributed by atoms with Crippen molar-refractivity contribution in [1.82, 2.24) is 4.98 Å². The summed E-state index contributed by atoms with van der Waals surface area (Å²) >= 11 is 12.3. The van der Waals surface area contributed by atoms with E-state index >= 15 is 0 Å². The van der Waals surface area contributed by atoms with Crippen LogP contribution in [-0.2, 0) is 10.0 Å². The minimum atomic E-state index is -3.67. The molecule has 1 aromatic heterocycles. The third-order valence-corrected chi connectivity index (χ3v) is 5.43. The second-order valence-electron chi connectivity index (χ2n) is 3.54. The number of pyridine rings is 1. The van der Waals surface area contributed by atoms with Gasteiger partial charge in [0, 0.05) is 16.9 Å². The number of hydrogen-bond donors (Lipinski definition) is 1. The highest BCUT2D eigenvalue weighted by Gasteiger charge is 2.16. The number of nitrogens with zero attached hydrogens (tertiary/aromatic N) is 1. The predicted molar refractivity (Wildman–Crippen MR) is 81.9 cm³/mol. The smallest absolute Gasteiger partial charge is 0.261 e. The molecule has 0 aliphatic heterocycles. The molecule has 0 bridgehead atoms. The van der Waals surface area contributed by atoms with Crippen molar-refractivity contribution in [3.05, 3.63) is 50.6 Å². The van der Waals surface area contributed by atoms with Crippen LogP contribution in [0.4, 0.5) is 5.69 Å². The summed E-state index contributed by atoms with van der Waals surface area (Å²) in [4.78, 5) is 3.98. The average molecular weight is 427 g/mol. The minimum Gasteiger partial charge on any atom is -0.278 e. The Balaban J connectivity index is 2.38. The van der Waals surface area contributed by atoms with Crippen LogP contribution in [0.3, 0.4) is 0 Å². The molecule has 100 valence electrons. The van der Waals surface area contributed by atoms with Gasteiger partial charge in [0.05, 0.1) is 20.1 Å². The van der Waals surface area contributed by atoms with Crippen molar-refractivity contribution in [2.75, 3.05) is 4.72 Å². The van der Waals surface area contributed by atoms with Crippen molar-refractivity contribution in [2.24, 2.45) is 0 Å². The highest BCUT2D eigenvalue weighted by atomic mass is 79.9. The van der Waals surface area contributed by atoms with Gasteiger partial charge in [0.2, 0.25) is 0 Å². The number of benzene rings is 1. The quantitative estimate of drug-likeness (QED) is 0.805. The van der Waals surface area contributed by atoms with E-state index < -0.39 is 10.0 Å². The van der Waals surface area contributed by atoms with Gasteiger partial charge in [-0.1, -0.05) is 11.6 Å². The van der Waals surface area contributed by atoms with Crippen molar-refractivity contribution in [3.8, 4) is 0 Å². The second-order valence-corrected chi connectivity index (χ2v) is 7.34. The first-order chi connectivity index (χ1) is 8.90. The lowest BCUT2D eigenvalue weighted by Gasteiger charge is -2.09. The summed E-state index contributed by atoms with van der Waals surface area (Å²) in [5.74, 6) is 0. The van der Waals surface area contributed by atoms with E-state index in [1.54, 1.807) is 6.07 Å². The SMILES string of the molecule is O=S(=O)(Nc1ccncc1Br)c1ccc(Cl)c(Br)c1. The van der Waals surface area contributed by atoms with E-state index in [0.29, 0.717) is 19.7 Å². The number of rotatable bonds is 3. The van der Waals surface area contributed by atoms with E-state index in [1.807, 2.05) is 0 Å². The van der Waals surface area contributed by atoms with Crippen LogP contribution in [-0.4, -0.2) is 13.4 Å². The first-order valence-corrected chi connectivity index (χ1v) is 8.42. The van der Waals surface area contributed by atoms with Crippen LogP contribution in [0.25, 0.3) is 0 Å². The topological polar surface area (TPSA) is 59.1 Å². The summed E-state index contributed by atoms with van der Waals surface area (Å²) in [6.07, 6.45) is 3.01. The summed E-state index contributed by atoms with van der Waals surface area (Å²) in [5, 5.41) is 0.448. The number of halogens is 3. The lowest BCUT2D eigenvalue weighted by Crippen LogP contribution is -2.13. The molecule has 1 N–H and O–H groups in total. The van der Waals surface area contributed by atoms with Crippen molar-refractivity contribution in [3.63, 3.8) is 0 Å². The maximum absolute atomic E-state index is 12.2. The Morgan fingerprint density at radius 2 is 1.89 bits per heavy atom. The van der Waals surface area contributed by atoms with E-state index in [0.717, 1.165) is 0 Å². The maximum atomic E-state index is 12.2. The summed E-state index contributed by atoms with van der Waals surface area (Å²) in [6.45, 7) is 0. The number of nitrogens with one attached hydrogen (secondary N) is 1. The molecule has 19 heavy (non-hydrogen) atoms. The molecule has 0 fully saturated rings. The molecule has 0 aliphatic rings. The van der Waals surface area contributed by atoms with Crippen LogP contribution < -0.4 is 4.72 Å². The first-order valence-electron chi connectivity index (χ1n) is 4.97. The second kappa shape index (κ2) is 5.78. The molecule has 2 rings (SSSR count). The molecule has 0 atom stereocenters. The van der Waals surface area contributed by atoms with Gasteiger partial charge in [-0.2, -0.15) is 0 Å². The molecule has 1 aromatic carbocycles. The molecule has 0 spiro atoms.